The lowest BCUT2D eigenvalue weighted by molar-refractivity contribution is 0.190. The molecule has 1 aromatic heterocycles. The van der Waals surface area contributed by atoms with Crippen LogP contribution in [0.1, 0.15) is 17.4 Å². The number of likely N-dealkylation sites (N-methyl/N-ethyl adjacent to an activating group) is 1. The van der Waals surface area contributed by atoms with Gasteiger partial charge in [-0.05, 0) is 31.7 Å². The van der Waals surface area contributed by atoms with E-state index in [0.717, 1.165) is 25.2 Å². The molecule has 21 heavy (non-hydrogen) atoms. The molecule has 1 unspecified atom stereocenters. The van der Waals surface area contributed by atoms with Gasteiger partial charge in [-0.2, -0.15) is 4.98 Å². The quantitative estimate of drug-likeness (QED) is 0.921. The number of hydrogen-bond acceptors (Lipinski definition) is 5. The summed E-state index contributed by atoms with van der Waals surface area (Å²) in [6.07, 6.45) is 0. The zero-order valence-electron chi connectivity index (χ0n) is 12.0. The maximum absolute atomic E-state index is 13.3. The van der Waals surface area contributed by atoms with E-state index >= 15 is 0 Å². The van der Waals surface area contributed by atoms with E-state index in [1.54, 1.807) is 6.07 Å². The average Bonchev–Trinajstić information content (AvgIpc) is 2.91. The van der Waals surface area contributed by atoms with Crippen LogP contribution in [0.3, 0.4) is 0 Å². The number of aryl methyl sites for hydroxylation is 1. The van der Waals surface area contributed by atoms with Gasteiger partial charge in [0, 0.05) is 25.2 Å². The van der Waals surface area contributed by atoms with E-state index in [1.165, 1.54) is 12.1 Å². The molecule has 0 bridgehead atoms. The van der Waals surface area contributed by atoms with Crippen LogP contribution in [-0.4, -0.2) is 41.7 Å². The third kappa shape index (κ3) is 3.23. The van der Waals surface area contributed by atoms with Crippen molar-refractivity contribution in [3.8, 4) is 11.5 Å². The summed E-state index contributed by atoms with van der Waals surface area (Å²) in [5.41, 5.74) is 1.56. The first kappa shape index (κ1) is 15.9. The van der Waals surface area contributed by atoms with E-state index in [4.69, 9.17) is 4.52 Å². The minimum Gasteiger partial charge on any atom is -0.334 e. The van der Waals surface area contributed by atoms with Crippen molar-refractivity contribution >= 4 is 12.4 Å². The van der Waals surface area contributed by atoms with Crippen molar-refractivity contribution in [3.63, 3.8) is 0 Å². The highest BCUT2D eigenvalue weighted by atomic mass is 35.5. The predicted octanol–water partition coefficient (Wildman–Crippen LogP) is 2.18. The highest BCUT2D eigenvalue weighted by Crippen LogP contribution is 2.25. The molecule has 7 heteroatoms. The van der Waals surface area contributed by atoms with Crippen molar-refractivity contribution in [1.82, 2.24) is 20.4 Å². The molecular formula is C14H18ClFN4O. The van der Waals surface area contributed by atoms with Crippen LogP contribution in [-0.2, 0) is 0 Å². The topological polar surface area (TPSA) is 54.2 Å². The Hall–Kier alpha value is -1.50. The summed E-state index contributed by atoms with van der Waals surface area (Å²) in [4.78, 5) is 6.61. The van der Waals surface area contributed by atoms with Gasteiger partial charge in [0.2, 0.25) is 0 Å². The SMILES string of the molecule is Cc1ccc(F)cc1-c1nc(C2CNCCN2C)no1.Cl. The summed E-state index contributed by atoms with van der Waals surface area (Å²) in [6.45, 7) is 4.58. The first-order valence-corrected chi connectivity index (χ1v) is 6.66. The Morgan fingerprint density at radius 2 is 2.24 bits per heavy atom. The molecule has 1 atom stereocenters. The molecule has 3 rings (SSSR count). The number of nitrogens with zero attached hydrogens (tertiary/aromatic N) is 3. The van der Waals surface area contributed by atoms with E-state index in [1.807, 2.05) is 14.0 Å². The van der Waals surface area contributed by atoms with Crippen molar-refractivity contribution in [2.45, 2.75) is 13.0 Å². The fraction of sp³-hybridized carbons (Fsp3) is 0.429. The van der Waals surface area contributed by atoms with Crippen LogP contribution >= 0.6 is 12.4 Å². The molecule has 0 aliphatic carbocycles. The Balaban J connectivity index is 0.00000161. The van der Waals surface area contributed by atoms with Gasteiger partial charge in [0.25, 0.3) is 5.89 Å². The monoisotopic (exact) mass is 312 g/mol. The van der Waals surface area contributed by atoms with Crippen molar-refractivity contribution in [1.29, 1.82) is 0 Å². The maximum atomic E-state index is 13.3. The average molecular weight is 313 g/mol. The van der Waals surface area contributed by atoms with Gasteiger partial charge in [-0.1, -0.05) is 11.2 Å². The van der Waals surface area contributed by atoms with Crippen molar-refractivity contribution in [2.75, 3.05) is 26.7 Å². The Kier molecular flexibility index (Phi) is 4.92. The second-order valence-electron chi connectivity index (χ2n) is 5.12. The Morgan fingerprint density at radius 1 is 1.43 bits per heavy atom. The van der Waals surface area contributed by atoms with E-state index < -0.39 is 0 Å². The number of rotatable bonds is 2. The number of aromatic nitrogens is 2. The number of hydrogen-bond donors (Lipinski definition) is 1. The maximum Gasteiger partial charge on any atom is 0.258 e. The minimum absolute atomic E-state index is 0. The largest absolute Gasteiger partial charge is 0.334 e. The number of nitrogens with one attached hydrogen (secondary N) is 1. The molecule has 1 N–H and O–H groups in total. The summed E-state index contributed by atoms with van der Waals surface area (Å²) in [5, 5.41) is 7.36. The first-order valence-electron chi connectivity index (χ1n) is 6.66. The number of benzene rings is 1. The predicted molar refractivity (Wildman–Crippen MR) is 79.9 cm³/mol. The van der Waals surface area contributed by atoms with Gasteiger partial charge < -0.3 is 9.84 Å². The Morgan fingerprint density at radius 3 is 3.00 bits per heavy atom. The van der Waals surface area contributed by atoms with Gasteiger partial charge in [0.15, 0.2) is 5.82 Å². The second kappa shape index (κ2) is 6.51. The zero-order valence-corrected chi connectivity index (χ0v) is 12.8. The van der Waals surface area contributed by atoms with Crippen LogP contribution in [0, 0.1) is 12.7 Å². The zero-order chi connectivity index (χ0) is 14.1. The molecule has 1 aromatic carbocycles. The lowest BCUT2D eigenvalue weighted by Crippen LogP contribution is -2.44. The fourth-order valence-corrected chi connectivity index (χ4v) is 2.40. The molecule has 0 spiro atoms. The van der Waals surface area contributed by atoms with Gasteiger partial charge in [-0.25, -0.2) is 4.39 Å². The summed E-state index contributed by atoms with van der Waals surface area (Å²) in [5.74, 6) is 0.705. The highest BCUT2D eigenvalue weighted by molar-refractivity contribution is 5.85. The van der Waals surface area contributed by atoms with E-state index in [2.05, 4.69) is 20.4 Å². The van der Waals surface area contributed by atoms with Crippen molar-refractivity contribution < 1.29 is 8.91 Å². The summed E-state index contributed by atoms with van der Waals surface area (Å²) in [6, 6.07) is 4.66. The molecule has 5 nitrogen and oxygen atoms in total. The fourth-order valence-electron chi connectivity index (χ4n) is 2.40. The van der Waals surface area contributed by atoms with Crippen molar-refractivity contribution in [3.05, 3.63) is 35.4 Å². The van der Waals surface area contributed by atoms with Crippen LogP contribution < -0.4 is 5.32 Å². The highest BCUT2D eigenvalue weighted by Gasteiger charge is 2.25. The van der Waals surface area contributed by atoms with Gasteiger partial charge in [0.05, 0.1) is 6.04 Å². The molecule has 1 aliphatic rings. The molecular weight excluding hydrogens is 295 g/mol. The molecule has 1 fully saturated rings. The van der Waals surface area contributed by atoms with Gasteiger partial charge >= 0.3 is 0 Å². The lowest BCUT2D eigenvalue weighted by Gasteiger charge is -2.30. The molecule has 114 valence electrons. The third-order valence-electron chi connectivity index (χ3n) is 3.68. The van der Waals surface area contributed by atoms with Crippen LogP contribution in [0.5, 0.6) is 0 Å². The van der Waals surface area contributed by atoms with Gasteiger partial charge in [0.1, 0.15) is 5.82 Å². The van der Waals surface area contributed by atoms with E-state index in [9.17, 15) is 4.39 Å². The van der Waals surface area contributed by atoms with E-state index in [0.29, 0.717) is 17.3 Å². The first-order chi connectivity index (χ1) is 9.65. The van der Waals surface area contributed by atoms with Crippen LogP contribution in [0.2, 0.25) is 0 Å². The lowest BCUT2D eigenvalue weighted by atomic mass is 10.1. The molecule has 2 aromatic rings. The van der Waals surface area contributed by atoms with E-state index in [-0.39, 0.29) is 24.3 Å². The second-order valence-corrected chi connectivity index (χ2v) is 5.12. The molecule has 1 saturated heterocycles. The standard InChI is InChI=1S/C14H17FN4O.ClH/c1-9-3-4-10(15)7-11(9)14-17-13(18-20-14)12-8-16-5-6-19(12)2;/h3-4,7,12,16H,5-6,8H2,1-2H3;1H. The summed E-state index contributed by atoms with van der Waals surface area (Å²) in [7, 11) is 2.04. The molecule has 2 heterocycles. The normalized spacial score (nSPS) is 19.3. The minimum atomic E-state index is -0.304. The summed E-state index contributed by atoms with van der Waals surface area (Å²) >= 11 is 0. The van der Waals surface area contributed by atoms with Crippen LogP contribution in [0.25, 0.3) is 11.5 Å². The van der Waals surface area contributed by atoms with Crippen LogP contribution in [0.4, 0.5) is 4.39 Å². The smallest absolute Gasteiger partial charge is 0.258 e. The molecule has 0 saturated carbocycles. The number of piperazine rings is 1. The molecule has 0 radical (unpaired) electrons. The van der Waals surface area contributed by atoms with Crippen molar-refractivity contribution in [2.24, 2.45) is 0 Å². The summed E-state index contributed by atoms with van der Waals surface area (Å²) < 4.78 is 18.7. The number of halogens is 2. The Bertz CT molecular complexity index is 619. The molecule has 1 aliphatic heterocycles. The van der Waals surface area contributed by atoms with Crippen LogP contribution in [0.15, 0.2) is 22.7 Å². The molecule has 0 amide bonds. The van der Waals surface area contributed by atoms with Gasteiger partial charge in [-0.3, -0.25) is 4.90 Å². The van der Waals surface area contributed by atoms with Gasteiger partial charge in [-0.15, -0.1) is 12.4 Å². The Labute approximate surface area is 128 Å². The third-order valence-corrected chi connectivity index (χ3v) is 3.68.